The van der Waals surface area contributed by atoms with Gasteiger partial charge in [-0.15, -0.1) is 0 Å². The summed E-state index contributed by atoms with van der Waals surface area (Å²) in [7, 11) is 1.90. The highest BCUT2D eigenvalue weighted by Crippen LogP contribution is 2.21. The lowest BCUT2D eigenvalue weighted by Gasteiger charge is -2.34. The lowest BCUT2D eigenvalue weighted by atomic mass is 9.99. The molecule has 2 unspecified atom stereocenters. The fourth-order valence-electron chi connectivity index (χ4n) is 2.93. The van der Waals surface area contributed by atoms with Gasteiger partial charge in [-0.3, -0.25) is 14.4 Å². The van der Waals surface area contributed by atoms with E-state index in [0.29, 0.717) is 5.92 Å². The van der Waals surface area contributed by atoms with Crippen LogP contribution in [0.3, 0.4) is 0 Å². The number of aromatic nitrogens is 2. The number of carbonyl (C=O) groups excluding carboxylic acids is 1. The van der Waals surface area contributed by atoms with Crippen molar-refractivity contribution >= 4 is 11.6 Å². The van der Waals surface area contributed by atoms with Gasteiger partial charge >= 0.3 is 0 Å². The van der Waals surface area contributed by atoms with E-state index >= 15 is 0 Å². The first-order valence-corrected chi connectivity index (χ1v) is 7.45. The zero-order valence-corrected chi connectivity index (χ0v) is 13.2. The third-order valence-corrected chi connectivity index (χ3v) is 4.37. The number of aryl methyl sites for hydroxylation is 2. The van der Waals surface area contributed by atoms with Gasteiger partial charge in [0.25, 0.3) is 0 Å². The van der Waals surface area contributed by atoms with Gasteiger partial charge in [0.05, 0.1) is 23.1 Å². The minimum Gasteiger partial charge on any atom is -0.322 e. The number of nitrogens with zero attached hydrogens (tertiary/aromatic N) is 3. The van der Waals surface area contributed by atoms with Gasteiger partial charge < -0.3 is 5.32 Å². The first-order valence-electron chi connectivity index (χ1n) is 7.45. The maximum atomic E-state index is 12.4. The third-order valence-electron chi connectivity index (χ3n) is 4.37. The molecule has 5 nitrogen and oxygen atoms in total. The summed E-state index contributed by atoms with van der Waals surface area (Å²) in [6.45, 7) is 10.2. The second-order valence-electron chi connectivity index (χ2n) is 6.08. The van der Waals surface area contributed by atoms with Crippen molar-refractivity contribution in [3.8, 4) is 0 Å². The van der Waals surface area contributed by atoms with E-state index in [1.165, 1.54) is 12.8 Å². The zero-order chi connectivity index (χ0) is 14.9. The number of likely N-dealkylation sites (tertiary alicyclic amines) is 1. The molecule has 0 saturated carbocycles. The average Bonchev–Trinajstić information content (AvgIpc) is 2.64. The molecule has 1 aromatic rings. The number of amides is 1. The Balaban J connectivity index is 2.04. The molecule has 2 atom stereocenters. The van der Waals surface area contributed by atoms with E-state index in [4.69, 9.17) is 0 Å². The maximum Gasteiger partial charge on any atom is 0.241 e. The van der Waals surface area contributed by atoms with E-state index in [1.807, 2.05) is 27.8 Å². The molecule has 2 rings (SSSR count). The quantitative estimate of drug-likeness (QED) is 0.921. The van der Waals surface area contributed by atoms with E-state index in [9.17, 15) is 4.79 Å². The molecule has 112 valence electrons. The smallest absolute Gasteiger partial charge is 0.241 e. The maximum absolute atomic E-state index is 12.4. The number of carbonyl (C=O) groups is 1. The standard InChI is InChI=1S/C15H26N4O/c1-10-7-6-8-19(9-10)13(4)15(20)16-14-11(2)17-18(5)12(14)3/h10,13H,6-9H2,1-5H3,(H,16,20). The van der Waals surface area contributed by atoms with Crippen LogP contribution >= 0.6 is 0 Å². The largest absolute Gasteiger partial charge is 0.322 e. The fraction of sp³-hybridized carbons (Fsp3) is 0.733. The molecule has 1 aromatic heterocycles. The Morgan fingerprint density at radius 2 is 2.15 bits per heavy atom. The summed E-state index contributed by atoms with van der Waals surface area (Å²) in [6, 6.07) is -0.0863. The molecular weight excluding hydrogens is 252 g/mol. The van der Waals surface area contributed by atoms with E-state index < -0.39 is 0 Å². The lowest BCUT2D eigenvalue weighted by Crippen LogP contribution is -2.46. The monoisotopic (exact) mass is 278 g/mol. The molecule has 0 aromatic carbocycles. The number of hydrogen-bond acceptors (Lipinski definition) is 3. The van der Waals surface area contributed by atoms with Crippen molar-refractivity contribution in [2.75, 3.05) is 18.4 Å². The molecule has 5 heteroatoms. The minimum atomic E-state index is -0.0863. The van der Waals surface area contributed by atoms with Crippen LogP contribution in [-0.4, -0.2) is 39.7 Å². The molecule has 1 saturated heterocycles. The SMILES string of the molecule is Cc1nn(C)c(C)c1NC(=O)C(C)N1CCCC(C)C1. The van der Waals surface area contributed by atoms with Crippen LogP contribution < -0.4 is 5.32 Å². The van der Waals surface area contributed by atoms with Crippen LogP contribution in [0.4, 0.5) is 5.69 Å². The predicted molar refractivity (Wildman–Crippen MR) is 80.7 cm³/mol. The van der Waals surface area contributed by atoms with E-state index in [1.54, 1.807) is 4.68 Å². The number of piperidine rings is 1. The van der Waals surface area contributed by atoms with Gasteiger partial charge in [-0.05, 0) is 46.1 Å². The number of hydrogen-bond donors (Lipinski definition) is 1. The van der Waals surface area contributed by atoms with Crippen molar-refractivity contribution in [3.05, 3.63) is 11.4 Å². The molecule has 1 aliphatic rings. The van der Waals surface area contributed by atoms with Crippen LogP contribution in [-0.2, 0) is 11.8 Å². The third kappa shape index (κ3) is 3.03. The highest BCUT2D eigenvalue weighted by molar-refractivity contribution is 5.95. The Bertz CT molecular complexity index is 494. The van der Waals surface area contributed by atoms with Crippen LogP contribution in [0.15, 0.2) is 0 Å². The Hall–Kier alpha value is -1.36. The summed E-state index contributed by atoms with van der Waals surface area (Å²) in [4.78, 5) is 14.7. The van der Waals surface area contributed by atoms with Crippen molar-refractivity contribution in [3.63, 3.8) is 0 Å². The molecule has 1 N–H and O–H groups in total. The minimum absolute atomic E-state index is 0.0679. The van der Waals surface area contributed by atoms with Crippen LogP contribution in [0.1, 0.15) is 38.1 Å². The van der Waals surface area contributed by atoms with Crippen molar-refractivity contribution in [2.24, 2.45) is 13.0 Å². The Kier molecular flexibility index (Phi) is 4.48. The van der Waals surface area contributed by atoms with E-state index in [0.717, 1.165) is 30.2 Å². The van der Waals surface area contributed by atoms with Gasteiger partial charge in [0.1, 0.15) is 0 Å². The van der Waals surface area contributed by atoms with E-state index in [-0.39, 0.29) is 11.9 Å². The first-order chi connectivity index (χ1) is 9.40. The van der Waals surface area contributed by atoms with Gasteiger partial charge in [-0.2, -0.15) is 5.10 Å². The molecular formula is C15H26N4O. The van der Waals surface area contributed by atoms with Crippen LogP contribution in [0.5, 0.6) is 0 Å². The van der Waals surface area contributed by atoms with Gasteiger partial charge in [-0.1, -0.05) is 6.92 Å². The highest BCUT2D eigenvalue weighted by atomic mass is 16.2. The average molecular weight is 278 g/mol. The van der Waals surface area contributed by atoms with Gasteiger partial charge in [-0.25, -0.2) is 0 Å². The molecule has 1 fully saturated rings. The first kappa shape index (κ1) is 15.0. The van der Waals surface area contributed by atoms with Crippen LogP contribution in [0, 0.1) is 19.8 Å². The summed E-state index contributed by atoms with van der Waals surface area (Å²) in [5.41, 5.74) is 2.72. The summed E-state index contributed by atoms with van der Waals surface area (Å²) in [5.74, 6) is 0.749. The predicted octanol–water partition coefficient (Wildman–Crippen LogP) is 2.10. The summed E-state index contributed by atoms with van der Waals surface area (Å²) >= 11 is 0. The Morgan fingerprint density at radius 1 is 1.45 bits per heavy atom. The molecule has 1 amide bonds. The van der Waals surface area contributed by atoms with Gasteiger partial charge in [0.15, 0.2) is 0 Å². The molecule has 20 heavy (non-hydrogen) atoms. The summed E-state index contributed by atoms with van der Waals surface area (Å²) in [6.07, 6.45) is 2.45. The molecule has 0 aliphatic carbocycles. The Labute approximate surface area is 121 Å². The highest BCUT2D eigenvalue weighted by Gasteiger charge is 2.26. The van der Waals surface area contributed by atoms with Crippen LogP contribution in [0.2, 0.25) is 0 Å². The normalized spacial score (nSPS) is 21.8. The van der Waals surface area contributed by atoms with Crippen molar-refractivity contribution < 1.29 is 4.79 Å². The number of nitrogens with one attached hydrogen (secondary N) is 1. The van der Waals surface area contributed by atoms with Gasteiger partial charge in [0.2, 0.25) is 5.91 Å². The topological polar surface area (TPSA) is 50.2 Å². The number of anilines is 1. The summed E-state index contributed by atoms with van der Waals surface area (Å²) < 4.78 is 1.80. The molecule has 0 bridgehead atoms. The van der Waals surface area contributed by atoms with Crippen molar-refractivity contribution in [1.29, 1.82) is 0 Å². The molecule has 1 aliphatic heterocycles. The van der Waals surface area contributed by atoms with Gasteiger partial charge in [0, 0.05) is 13.6 Å². The zero-order valence-electron chi connectivity index (χ0n) is 13.2. The lowest BCUT2D eigenvalue weighted by molar-refractivity contribution is -0.121. The summed E-state index contributed by atoms with van der Waals surface area (Å²) in [5, 5.41) is 7.38. The van der Waals surface area contributed by atoms with Crippen molar-refractivity contribution in [1.82, 2.24) is 14.7 Å². The number of rotatable bonds is 3. The molecule has 0 radical (unpaired) electrons. The molecule has 0 spiro atoms. The molecule has 2 heterocycles. The van der Waals surface area contributed by atoms with Crippen molar-refractivity contribution in [2.45, 2.75) is 46.6 Å². The second kappa shape index (κ2) is 5.95. The Morgan fingerprint density at radius 3 is 2.70 bits per heavy atom. The second-order valence-corrected chi connectivity index (χ2v) is 6.08. The van der Waals surface area contributed by atoms with Crippen LogP contribution in [0.25, 0.3) is 0 Å². The van der Waals surface area contributed by atoms with E-state index in [2.05, 4.69) is 22.2 Å². The fourth-order valence-corrected chi connectivity index (χ4v) is 2.93.